The molecule has 1 atom stereocenters. The Morgan fingerprint density at radius 1 is 1.32 bits per heavy atom. The molecule has 1 unspecified atom stereocenters. The van der Waals surface area contributed by atoms with E-state index in [0.717, 1.165) is 32.0 Å². The SMILES string of the molecule is CC(N)(CCCCCCC=O)c1ccc(Cl)cc1F. The summed E-state index contributed by atoms with van der Waals surface area (Å²) in [6, 6.07) is 4.62. The minimum Gasteiger partial charge on any atom is -0.322 e. The van der Waals surface area contributed by atoms with E-state index in [1.165, 1.54) is 6.07 Å². The Kier molecular flexibility index (Phi) is 6.46. The zero-order chi connectivity index (χ0) is 14.3. The average Bonchev–Trinajstić information content (AvgIpc) is 2.33. The van der Waals surface area contributed by atoms with Crippen molar-refractivity contribution in [2.75, 3.05) is 0 Å². The van der Waals surface area contributed by atoms with E-state index in [0.29, 0.717) is 23.4 Å². The Bertz CT molecular complexity index is 421. The third kappa shape index (κ3) is 5.29. The van der Waals surface area contributed by atoms with Crippen LogP contribution in [0.5, 0.6) is 0 Å². The van der Waals surface area contributed by atoms with Gasteiger partial charge in [-0.25, -0.2) is 4.39 Å². The lowest BCUT2D eigenvalue weighted by Crippen LogP contribution is -2.34. The van der Waals surface area contributed by atoms with Crippen LogP contribution in [0.4, 0.5) is 4.39 Å². The second kappa shape index (κ2) is 7.61. The highest BCUT2D eigenvalue weighted by Crippen LogP contribution is 2.28. The van der Waals surface area contributed by atoms with Crippen LogP contribution in [-0.2, 0) is 10.3 Å². The summed E-state index contributed by atoms with van der Waals surface area (Å²) in [7, 11) is 0. The van der Waals surface area contributed by atoms with Crippen LogP contribution < -0.4 is 5.73 Å². The fourth-order valence-corrected chi connectivity index (χ4v) is 2.32. The number of halogens is 2. The van der Waals surface area contributed by atoms with E-state index >= 15 is 0 Å². The quantitative estimate of drug-likeness (QED) is 0.575. The minimum absolute atomic E-state index is 0.349. The van der Waals surface area contributed by atoms with E-state index in [9.17, 15) is 9.18 Å². The number of benzene rings is 1. The predicted molar refractivity (Wildman–Crippen MR) is 76.7 cm³/mol. The maximum absolute atomic E-state index is 13.8. The van der Waals surface area contributed by atoms with Gasteiger partial charge < -0.3 is 10.5 Å². The summed E-state index contributed by atoms with van der Waals surface area (Å²) >= 11 is 5.73. The van der Waals surface area contributed by atoms with Crippen LogP contribution in [0.3, 0.4) is 0 Å². The van der Waals surface area contributed by atoms with Crippen molar-refractivity contribution >= 4 is 17.9 Å². The molecule has 0 saturated heterocycles. The van der Waals surface area contributed by atoms with E-state index < -0.39 is 5.54 Å². The highest BCUT2D eigenvalue weighted by atomic mass is 35.5. The van der Waals surface area contributed by atoms with E-state index in [1.807, 2.05) is 6.92 Å². The highest BCUT2D eigenvalue weighted by molar-refractivity contribution is 6.30. The van der Waals surface area contributed by atoms with Crippen LogP contribution in [0, 0.1) is 5.82 Å². The first-order chi connectivity index (χ1) is 8.97. The van der Waals surface area contributed by atoms with Gasteiger partial charge in [0.15, 0.2) is 0 Å². The van der Waals surface area contributed by atoms with Crippen molar-refractivity contribution in [1.82, 2.24) is 0 Å². The van der Waals surface area contributed by atoms with E-state index in [4.69, 9.17) is 17.3 Å². The number of hydrogen-bond donors (Lipinski definition) is 1. The van der Waals surface area contributed by atoms with Crippen LogP contribution >= 0.6 is 11.6 Å². The van der Waals surface area contributed by atoms with Crippen molar-refractivity contribution in [3.63, 3.8) is 0 Å². The summed E-state index contributed by atoms with van der Waals surface area (Å²) in [6.45, 7) is 1.84. The Hall–Kier alpha value is -0.930. The van der Waals surface area contributed by atoms with Gasteiger partial charge in [-0.2, -0.15) is 0 Å². The lowest BCUT2D eigenvalue weighted by Gasteiger charge is -2.26. The zero-order valence-corrected chi connectivity index (χ0v) is 12.0. The minimum atomic E-state index is -0.681. The second-order valence-electron chi connectivity index (χ2n) is 5.16. The van der Waals surface area contributed by atoms with Crippen LogP contribution in [0.1, 0.15) is 51.0 Å². The number of carbonyl (C=O) groups is 1. The molecule has 1 rings (SSSR count). The molecule has 106 valence electrons. The molecule has 0 aliphatic rings. The molecule has 0 heterocycles. The molecule has 4 heteroatoms. The van der Waals surface area contributed by atoms with Crippen LogP contribution in [0.2, 0.25) is 5.02 Å². The van der Waals surface area contributed by atoms with Gasteiger partial charge in [-0.15, -0.1) is 0 Å². The lowest BCUT2D eigenvalue weighted by atomic mass is 9.87. The van der Waals surface area contributed by atoms with E-state index in [1.54, 1.807) is 12.1 Å². The van der Waals surface area contributed by atoms with Crippen molar-refractivity contribution in [3.8, 4) is 0 Å². The van der Waals surface area contributed by atoms with Crippen LogP contribution in [-0.4, -0.2) is 6.29 Å². The first-order valence-electron chi connectivity index (χ1n) is 6.65. The molecule has 1 aromatic carbocycles. The predicted octanol–water partition coefficient (Wildman–Crippen LogP) is 4.19. The molecule has 2 nitrogen and oxygen atoms in total. The second-order valence-corrected chi connectivity index (χ2v) is 5.60. The number of rotatable bonds is 8. The third-order valence-corrected chi connectivity index (χ3v) is 3.55. The topological polar surface area (TPSA) is 43.1 Å². The lowest BCUT2D eigenvalue weighted by molar-refractivity contribution is -0.107. The number of hydrogen-bond acceptors (Lipinski definition) is 2. The molecule has 0 aromatic heterocycles. The van der Waals surface area contributed by atoms with Crippen molar-refractivity contribution < 1.29 is 9.18 Å². The van der Waals surface area contributed by atoms with Gasteiger partial charge in [-0.1, -0.05) is 36.9 Å². The number of nitrogens with two attached hydrogens (primary N) is 1. The Balaban J connectivity index is 2.48. The third-order valence-electron chi connectivity index (χ3n) is 3.31. The standard InChI is InChI=1S/C15H21ClFNO/c1-15(18,9-5-3-2-4-6-10-19)13-8-7-12(16)11-14(13)17/h7-8,10-11H,2-6,9,18H2,1H3. The first kappa shape index (κ1) is 16.1. The van der Waals surface area contributed by atoms with Gasteiger partial charge in [-0.3, -0.25) is 0 Å². The van der Waals surface area contributed by atoms with Crippen molar-refractivity contribution in [1.29, 1.82) is 0 Å². The summed E-state index contributed by atoms with van der Waals surface area (Å²) in [5, 5.41) is 0.380. The molecular formula is C15H21ClFNO. The molecule has 2 N–H and O–H groups in total. The van der Waals surface area contributed by atoms with Gasteiger partial charge >= 0.3 is 0 Å². The highest BCUT2D eigenvalue weighted by Gasteiger charge is 2.24. The first-order valence-corrected chi connectivity index (χ1v) is 7.03. The summed E-state index contributed by atoms with van der Waals surface area (Å²) in [6.07, 6.45) is 6.14. The molecule has 19 heavy (non-hydrogen) atoms. The fraction of sp³-hybridized carbons (Fsp3) is 0.533. The normalized spacial score (nSPS) is 14.1. The number of carbonyl (C=O) groups excluding carboxylic acids is 1. The van der Waals surface area contributed by atoms with Crippen molar-refractivity contribution in [2.24, 2.45) is 5.73 Å². The summed E-state index contributed by atoms with van der Waals surface area (Å²) < 4.78 is 13.8. The monoisotopic (exact) mass is 285 g/mol. The Morgan fingerprint density at radius 3 is 2.63 bits per heavy atom. The molecule has 0 bridgehead atoms. The maximum atomic E-state index is 13.8. The average molecular weight is 286 g/mol. The smallest absolute Gasteiger partial charge is 0.129 e. The maximum Gasteiger partial charge on any atom is 0.129 e. The van der Waals surface area contributed by atoms with Gasteiger partial charge in [0, 0.05) is 22.5 Å². The molecular weight excluding hydrogens is 265 g/mol. The molecule has 1 aromatic rings. The fourth-order valence-electron chi connectivity index (χ4n) is 2.16. The van der Waals surface area contributed by atoms with Gasteiger partial charge in [0.25, 0.3) is 0 Å². The van der Waals surface area contributed by atoms with E-state index in [2.05, 4.69) is 0 Å². The molecule has 0 spiro atoms. The summed E-state index contributed by atoms with van der Waals surface area (Å²) in [5.41, 5.74) is 6.01. The number of aldehydes is 1. The van der Waals surface area contributed by atoms with Gasteiger partial charge in [-0.05, 0) is 31.9 Å². The van der Waals surface area contributed by atoms with Gasteiger partial charge in [0.1, 0.15) is 12.1 Å². The molecule has 0 aliphatic heterocycles. The summed E-state index contributed by atoms with van der Waals surface area (Å²) in [5.74, 6) is -0.349. The van der Waals surface area contributed by atoms with Gasteiger partial charge in [0.05, 0.1) is 0 Å². The number of unbranched alkanes of at least 4 members (excludes halogenated alkanes) is 4. The molecule has 0 aliphatic carbocycles. The Labute approximate surface area is 119 Å². The zero-order valence-electron chi connectivity index (χ0n) is 11.3. The molecule has 0 saturated carbocycles. The molecule has 0 radical (unpaired) electrons. The summed E-state index contributed by atoms with van der Waals surface area (Å²) in [4.78, 5) is 10.2. The van der Waals surface area contributed by atoms with E-state index in [-0.39, 0.29) is 5.82 Å². The van der Waals surface area contributed by atoms with Crippen molar-refractivity contribution in [2.45, 2.75) is 51.0 Å². The largest absolute Gasteiger partial charge is 0.322 e. The molecule has 0 fully saturated rings. The van der Waals surface area contributed by atoms with Gasteiger partial charge in [0.2, 0.25) is 0 Å². The molecule has 0 amide bonds. The van der Waals surface area contributed by atoms with Crippen LogP contribution in [0.25, 0.3) is 0 Å². The van der Waals surface area contributed by atoms with Crippen LogP contribution in [0.15, 0.2) is 18.2 Å². The van der Waals surface area contributed by atoms with Crippen molar-refractivity contribution in [3.05, 3.63) is 34.6 Å². The Morgan fingerprint density at radius 2 is 2.00 bits per heavy atom.